The molecule has 3 heteroatoms. The highest BCUT2D eigenvalue weighted by atomic mass is 15.1. The molecule has 1 aromatic carbocycles. The minimum Gasteiger partial charge on any atom is -0.345 e. The smallest absolute Gasteiger partial charge is 0.0486 e. The molecule has 1 aromatic heterocycles. The summed E-state index contributed by atoms with van der Waals surface area (Å²) in [5.74, 6) is 0. The van der Waals surface area contributed by atoms with Crippen LogP contribution in [0.3, 0.4) is 0 Å². The van der Waals surface area contributed by atoms with Crippen LogP contribution in [0.1, 0.15) is 39.3 Å². The Kier molecular flexibility index (Phi) is 5.83. The van der Waals surface area contributed by atoms with Crippen molar-refractivity contribution in [2.75, 3.05) is 26.2 Å². The van der Waals surface area contributed by atoms with Crippen molar-refractivity contribution in [1.29, 1.82) is 0 Å². The summed E-state index contributed by atoms with van der Waals surface area (Å²) in [4.78, 5) is 2.45. The molecule has 1 heterocycles. The van der Waals surface area contributed by atoms with Crippen molar-refractivity contribution >= 4 is 10.9 Å². The summed E-state index contributed by atoms with van der Waals surface area (Å²) in [6.07, 6.45) is 2.31. The third kappa shape index (κ3) is 3.86. The Balaban J connectivity index is 2.02. The van der Waals surface area contributed by atoms with Crippen LogP contribution >= 0.6 is 0 Å². The molecule has 0 unspecified atom stereocenters. The van der Waals surface area contributed by atoms with Crippen molar-refractivity contribution in [3.8, 4) is 0 Å². The standard InChI is InChI=1S/C18H29N3/c1-5-20(6-2)12-11-19-13-16-14-21(15(3)4)18-10-8-7-9-17(16)18/h7-10,14-15,19H,5-6,11-13H2,1-4H3. The first-order chi connectivity index (χ1) is 10.2. The maximum Gasteiger partial charge on any atom is 0.0486 e. The van der Waals surface area contributed by atoms with E-state index in [0.29, 0.717) is 6.04 Å². The van der Waals surface area contributed by atoms with Crippen molar-refractivity contribution in [3.63, 3.8) is 0 Å². The number of nitrogens with zero attached hydrogens (tertiary/aromatic N) is 2. The normalized spacial score (nSPS) is 11.9. The molecule has 116 valence electrons. The van der Waals surface area contributed by atoms with Crippen LogP contribution in [0.4, 0.5) is 0 Å². The molecule has 0 aliphatic rings. The second-order valence-corrected chi connectivity index (χ2v) is 5.88. The Labute approximate surface area is 128 Å². The van der Waals surface area contributed by atoms with E-state index in [2.05, 4.69) is 72.9 Å². The van der Waals surface area contributed by atoms with E-state index >= 15 is 0 Å². The number of aromatic nitrogens is 1. The van der Waals surface area contributed by atoms with Crippen molar-refractivity contribution in [2.45, 2.75) is 40.3 Å². The molecule has 0 atom stereocenters. The highest BCUT2D eigenvalue weighted by Crippen LogP contribution is 2.24. The highest BCUT2D eigenvalue weighted by Gasteiger charge is 2.09. The van der Waals surface area contributed by atoms with Crippen LogP contribution in [0, 0.1) is 0 Å². The Hall–Kier alpha value is -1.32. The SMILES string of the molecule is CCN(CC)CCNCc1cn(C(C)C)c2ccccc12. The Morgan fingerprint density at radius 2 is 1.86 bits per heavy atom. The fourth-order valence-electron chi connectivity index (χ4n) is 2.85. The molecule has 3 nitrogen and oxygen atoms in total. The molecule has 21 heavy (non-hydrogen) atoms. The number of fused-ring (bicyclic) bond motifs is 1. The van der Waals surface area contributed by atoms with Gasteiger partial charge in [0.05, 0.1) is 0 Å². The Morgan fingerprint density at radius 1 is 1.14 bits per heavy atom. The Morgan fingerprint density at radius 3 is 2.52 bits per heavy atom. The van der Waals surface area contributed by atoms with Crippen LogP contribution in [0.2, 0.25) is 0 Å². The number of rotatable bonds is 8. The molecular weight excluding hydrogens is 258 g/mol. The van der Waals surface area contributed by atoms with Crippen LogP contribution < -0.4 is 5.32 Å². The molecule has 0 radical (unpaired) electrons. The molecule has 0 bridgehead atoms. The molecular formula is C18H29N3. The third-order valence-electron chi connectivity index (χ3n) is 4.19. The van der Waals surface area contributed by atoms with Gasteiger partial charge in [0.2, 0.25) is 0 Å². The number of hydrogen-bond donors (Lipinski definition) is 1. The first kappa shape index (κ1) is 16.1. The first-order valence-corrected chi connectivity index (χ1v) is 8.18. The number of benzene rings is 1. The van der Waals surface area contributed by atoms with Gasteiger partial charge in [-0.05, 0) is 38.6 Å². The minimum absolute atomic E-state index is 0.499. The average molecular weight is 287 g/mol. The second-order valence-electron chi connectivity index (χ2n) is 5.88. The van der Waals surface area contributed by atoms with Crippen LogP contribution in [0.15, 0.2) is 30.5 Å². The third-order valence-corrected chi connectivity index (χ3v) is 4.19. The summed E-state index contributed by atoms with van der Waals surface area (Å²) >= 11 is 0. The zero-order valence-electron chi connectivity index (χ0n) is 13.9. The lowest BCUT2D eigenvalue weighted by Gasteiger charge is -2.17. The van der Waals surface area contributed by atoms with Gasteiger partial charge in [0.1, 0.15) is 0 Å². The van der Waals surface area contributed by atoms with Crippen LogP contribution in [-0.4, -0.2) is 35.6 Å². The van der Waals surface area contributed by atoms with Gasteiger partial charge in [0.15, 0.2) is 0 Å². The lowest BCUT2D eigenvalue weighted by Crippen LogP contribution is -2.31. The number of likely N-dealkylation sites (N-methyl/N-ethyl adjacent to an activating group) is 1. The van der Waals surface area contributed by atoms with E-state index in [9.17, 15) is 0 Å². The Bertz CT molecular complexity index is 553. The summed E-state index contributed by atoms with van der Waals surface area (Å²) in [5.41, 5.74) is 2.74. The van der Waals surface area contributed by atoms with Gasteiger partial charge in [-0.1, -0.05) is 32.0 Å². The van der Waals surface area contributed by atoms with Gasteiger partial charge in [-0.25, -0.2) is 0 Å². The summed E-state index contributed by atoms with van der Waals surface area (Å²) in [7, 11) is 0. The first-order valence-electron chi connectivity index (χ1n) is 8.18. The van der Waals surface area contributed by atoms with E-state index in [1.807, 2.05) is 0 Å². The topological polar surface area (TPSA) is 20.2 Å². The van der Waals surface area contributed by atoms with Gasteiger partial charge in [0, 0.05) is 42.8 Å². The molecule has 2 rings (SSSR count). The predicted octanol–water partition coefficient (Wildman–Crippen LogP) is 3.65. The van der Waals surface area contributed by atoms with Crippen LogP contribution in [0.5, 0.6) is 0 Å². The summed E-state index contributed by atoms with van der Waals surface area (Å²) in [5, 5.41) is 4.97. The number of nitrogens with one attached hydrogen (secondary N) is 1. The van der Waals surface area contributed by atoms with E-state index in [1.165, 1.54) is 16.5 Å². The second kappa shape index (κ2) is 7.62. The van der Waals surface area contributed by atoms with E-state index in [-0.39, 0.29) is 0 Å². The average Bonchev–Trinajstić information content (AvgIpc) is 2.87. The molecule has 0 fully saturated rings. The predicted molar refractivity (Wildman–Crippen MR) is 91.8 cm³/mol. The minimum atomic E-state index is 0.499. The largest absolute Gasteiger partial charge is 0.345 e. The van der Waals surface area contributed by atoms with Gasteiger partial charge in [-0.15, -0.1) is 0 Å². The number of para-hydroxylation sites is 1. The molecule has 1 N–H and O–H groups in total. The maximum atomic E-state index is 3.59. The quantitative estimate of drug-likeness (QED) is 0.748. The molecule has 0 saturated heterocycles. The molecule has 2 aromatic rings. The summed E-state index contributed by atoms with van der Waals surface area (Å²) < 4.78 is 2.37. The van der Waals surface area contributed by atoms with Gasteiger partial charge < -0.3 is 14.8 Å². The van der Waals surface area contributed by atoms with E-state index in [1.54, 1.807) is 0 Å². The monoisotopic (exact) mass is 287 g/mol. The van der Waals surface area contributed by atoms with Gasteiger partial charge in [0.25, 0.3) is 0 Å². The van der Waals surface area contributed by atoms with Crippen molar-refractivity contribution in [3.05, 3.63) is 36.0 Å². The fraction of sp³-hybridized carbons (Fsp3) is 0.556. The highest BCUT2D eigenvalue weighted by molar-refractivity contribution is 5.84. The van der Waals surface area contributed by atoms with Crippen LogP contribution in [-0.2, 0) is 6.54 Å². The van der Waals surface area contributed by atoms with Crippen molar-refractivity contribution in [2.24, 2.45) is 0 Å². The zero-order valence-corrected chi connectivity index (χ0v) is 13.9. The lowest BCUT2D eigenvalue weighted by molar-refractivity contribution is 0.302. The maximum absolute atomic E-state index is 3.59. The van der Waals surface area contributed by atoms with Crippen molar-refractivity contribution < 1.29 is 0 Å². The zero-order chi connectivity index (χ0) is 15.2. The van der Waals surface area contributed by atoms with E-state index in [0.717, 1.165) is 32.7 Å². The lowest BCUT2D eigenvalue weighted by atomic mass is 10.2. The molecule has 0 saturated carbocycles. The molecule has 0 amide bonds. The summed E-state index contributed by atoms with van der Waals surface area (Å²) in [6, 6.07) is 9.20. The molecule has 0 aliphatic carbocycles. The van der Waals surface area contributed by atoms with Gasteiger partial charge in [-0.2, -0.15) is 0 Å². The van der Waals surface area contributed by atoms with Crippen LogP contribution in [0.25, 0.3) is 10.9 Å². The van der Waals surface area contributed by atoms with Gasteiger partial charge >= 0.3 is 0 Å². The van der Waals surface area contributed by atoms with Gasteiger partial charge in [-0.3, -0.25) is 0 Å². The fourth-order valence-corrected chi connectivity index (χ4v) is 2.85. The van der Waals surface area contributed by atoms with E-state index < -0.39 is 0 Å². The molecule has 0 aliphatic heterocycles. The molecule has 0 spiro atoms. The summed E-state index contributed by atoms with van der Waals surface area (Å²) in [6.45, 7) is 14.3. The van der Waals surface area contributed by atoms with E-state index in [4.69, 9.17) is 0 Å². The van der Waals surface area contributed by atoms with Crippen molar-refractivity contribution in [1.82, 2.24) is 14.8 Å². The number of hydrogen-bond acceptors (Lipinski definition) is 2.